The second kappa shape index (κ2) is 8.81. The van der Waals surface area contributed by atoms with Gasteiger partial charge in [0.05, 0.1) is 5.56 Å². The highest BCUT2D eigenvalue weighted by atomic mass is 32.1. The summed E-state index contributed by atoms with van der Waals surface area (Å²) in [7, 11) is 0. The van der Waals surface area contributed by atoms with Crippen LogP contribution < -0.4 is 5.63 Å². The van der Waals surface area contributed by atoms with E-state index in [0.29, 0.717) is 17.2 Å². The van der Waals surface area contributed by atoms with Crippen LogP contribution in [0.5, 0.6) is 5.75 Å². The fraction of sp³-hybridized carbons (Fsp3) is 0.423. The Hall–Kier alpha value is -2.33. The van der Waals surface area contributed by atoms with Gasteiger partial charge in [0.1, 0.15) is 11.5 Å². The Morgan fingerprint density at radius 2 is 1.87 bits per heavy atom. The van der Waals surface area contributed by atoms with Crippen LogP contribution in [-0.2, 0) is 6.42 Å². The molecular formula is C26H30O3S. The molecule has 1 aliphatic rings. The van der Waals surface area contributed by atoms with Gasteiger partial charge in [0.2, 0.25) is 0 Å². The normalized spacial score (nSPS) is 15.8. The van der Waals surface area contributed by atoms with E-state index in [0.717, 1.165) is 24.1 Å². The summed E-state index contributed by atoms with van der Waals surface area (Å²) in [6.07, 6.45) is 5.05. The summed E-state index contributed by atoms with van der Waals surface area (Å²) < 4.78 is 5.88. The summed E-state index contributed by atoms with van der Waals surface area (Å²) in [6, 6.07) is 14.4. The second-order valence-electron chi connectivity index (χ2n) is 8.71. The van der Waals surface area contributed by atoms with E-state index in [2.05, 4.69) is 44.2 Å². The molecule has 1 fully saturated rings. The average molecular weight is 423 g/mol. The first-order valence-electron chi connectivity index (χ1n) is 10.9. The van der Waals surface area contributed by atoms with E-state index < -0.39 is 5.63 Å². The Morgan fingerprint density at radius 1 is 1.13 bits per heavy atom. The summed E-state index contributed by atoms with van der Waals surface area (Å²) in [4.78, 5) is 15.3. The smallest absolute Gasteiger partial charge is 0.343 e. The van der Waals surface area contributed by atoms with Crippen LogP contribution in [0.4, 0.5) is 0 Å². The van der Waals surface area contributed by atoms with E-state index in [4.69, 9.17) is 4.42 Å². The number of benzene rings is 1. The van der Waals surface area contributed by atoms with Gasteiger partial charge in [-0.3, -0.25) is 0 Å². The third-order valence-corrected chi connectivity index (χ3v) is 7.28. The molecule has 1 aliphatic carbocycles. The zero-order chi connectivity index (χ0) is 21.3. The number of hydrogen-bond acceptors (Lipinski definition) is 4. The van der Waals surface area contributed by atoms with Crippen LogP contribution in [0.15, 0.2) is 51.7 Å². The van der Waals surface area contributed by atoms with Crippen LogP contribution in [0, 0.1) is 19.8 Å². The fourth-order valence-corrected chi connectivity index (χ4v) is 5.35. The van der Waals surface area contributed by atoms with Gasteiger partial charge in [-0.15, -0.1) is 11.3 Å². The molecule has 1 N–H and O–H groups in total. The molecule has 0 aliphatic heterocycles. The monoisotopic (exact) mass is 422 g/mol. The Morgan fingerprint density at radius 3 is 2.43 bits per heavy atom. The lowest BCUT2D eigenvalue weighted by Gasteiger charge is -2.19. The van der Waals surface area contributed by atoms with Gasteiger partial charge in [-0.05, 0) is 56.7 Å². The third kappa shape index (κ3) is 4.70. The Balaban J connectivity index is 1.66. The maximum atomic E-state index is 13.0. The van der Waals surface area contributed by atoms with E-state index in [1.165, 1.54) is 28.8 Å². The molecule has 0 bridgehead atoms. The van der Waals surface area contributed by atoms with Crippen molar-refractivity contribution >= 4 is 11.3 Å². The third-order valence-electron chi connectivity index (χ3n) is 6.17. The minimum Gasteiger partial charge on any atom is -0.507 e. The van der Waals surface area contributed by atoms with Crippen molar-refractivity contribution in [1.29, 1.82) is 0 Å². The summed E-state index contributed by atoms with van der Waals surface area (Å²) in [6.45, 7) is 6.18. The van der Waals surface area contributed by atoms with Crippen molar-refractivity contribution in [3.8, 4) is 5.75 Å². The van der Waals surface area contributed by atoms with Crippen molar-refractivity contribution in [2.45, 2.75) is 64.7 Å². The van der Waals surface area contributed by atoms with Gasteiger partial charge in [0.25, 0.3) is 0 Å². The van der Waals surface area contributed by atoms with Gasteiger partial charge in [0, 0.05) is 27.7 Å². The van der Waals surface area contributed by atoms with Gasteiger partial charge in [-0.1, -0.05) is 49.6 Å². The van der Waals surface area contributed by atoms with E-state index in [9.17, 15) is 9.90 Å². The zero-order valence-electron chi connectivity index (χ0n) is 18.0. The lowest BCUT2D eigenvalue weighted by molar-refractivity contribution is 0.372. The van der Waals surface area contributed by atoms with Gasteiger partial charge in [-0.25, -0.2) is 4.79 Å². The molecule has 4 rings (SSSR count). The van der Waals surface area contributed by atoms with Crippen LogP contribution in [0.2, 0.25) is 0 Å². The first-order valence-corrected chi connectivity index (χ1v) is 11.7. The molecule has 1 aromatic carbocycles. The van der Waals surface area contributed by atoms with Crippen LogP contribution in [0.25, 0.3) is 0 Å². The molecule has 2 atom stereocenters. The van der Waals surface area contributed by atoms with Gasteiger partial charge in [-0.2, -0.15) is 0 Å². The molecule has 0 spiro atoms. The zero-order valence-corrected chi connectivity index (χ0v) is 18.8. The van der Waals surface area contributed by atoms with E-state index in [1.807, 2.05) is 13.0 Å². The molecule has 30 heavy (non-hydrogen) atoms. The van der Waals surface area contributed by atoms with E-state index >= 15 is 0 Å². The molecule has 4 heteroatoms. The summed E-state index contributed by atoms with van der Waals surface area (Å²) in [5, 5.41) is 10.9. The lowest BCUT2D eigenvalue weighted by Crippen LogP contribution is -2.16. The molecule has 1 saturated carbocycles. The second-order valence-corrected chi connectivity index (χ2v) is 10.0. The summed E-state index contributed by atoms with van der Waals surface area (Å²) in [5.74, 6) is 1.37. The molecular weight excluding hydrogens is 392 g/mol. The van der Waals surface area contributed by atoms with Crippen molar-refractivity contribution in [1.82, 2.24) is 0 Å². The van der Waals surface area contributed by atoms with Crippen molar-refractivity contribution in [2.75, 3.05) is 0 Å². The van der Waals surface area contributed by atoms with Crippen molar-refractivity contribution < 1.29 is 9.52 Å². The van der Waals surface area contributed by atoms with E-state index in [-0.39, 0.29) is 17.6 Å². The minimum absolute atomic E-state index is 0.0730. The fourth-order valence-electron chi connectivity index (χ4n) is 4.28. The van der Waals surface area contributed by atoms with Gasteiger partial charge < -0.3 is 9.52 Å². The van der Waals surface area contributed by atoms with Crippen LogP contribution in [-0.4, -0.2) is 5.11 Å². The van der Waals surface area contributed by atoms with Gasteiger partial charge >= 0.3 is 5.63 Å². The number of aryl methyl sites for hydroxylation is 2. The SMILES string of the molecule is CCC(c1ccc(C)s1)c1c(O)cc(C(Cc2ccc(C)cc2)CC2CC2)oc1=O. The maximum Gasteiger partial charge on any atom is 0.343 e. The van der Waals surface area contributed by atoms with Crippen molar-refractivity contribution in [3.63, 3.8) is 0 Å². The highest BCUT2D eigenvalue weighted by Gasteiger charge is 2.30. The molecule has 3 nitrogen and oxygen atoms in total. The standard InChI is InChI=1S/C26H30O3S/c1-4-21(24-12-7-17(3)30-24)25-22(27)15-23(29-26(25)28)20(14-19-10-11-19)13-18-8-5-16(2)6-9-18/h5-9,12,15,19-21,27H,4,10-11,13-14H2,1-3H3. The number of rotatable bonds is 8. The molecule has 0 saturated heterocycles. The predicted octanol–water partition coefficient (Wildman–Crippen LogP) is 6.69. The Kier molecular flexibility index (Phi) is 6.14. The molecule has 0 amide bonds. The first-order chi connectivity index (χ1) is 14.4. The molecule has 158 valence electrons. The van der Waals surface area contributed by atoms with Crippen LogP contribution in [0.1, 0.15) is 76.6 Å². The highest BCUT2D eigenvalue weighted by Crippen LogP contribution is 2.41. The summed E-state index contributed by atoms with van der Waals surface area (Å²) in [5.41, 5.74) is 2.47. The average Bonchev–Trinajstić information content (AvgIpc) is 3.43. The maximum absolute atomic E-state index is 13.0. The van der Waals surface area contributed by atoms with Crippen molar-refractivity contribution in [2.24, 2.45) is 5.92 Å². The first kappa shape index (κ1) is 20.9. The summed E-state index contributed by atoms with van der Waals surface area (Å²) >= 11 is 1.67. The topological polar surface area (TPSA) is 50.4 Å². The van der Waals surface area contributed by atoms with Crippen LogP contribution in [0.3, 0.4) is 0 Å². The minimum atomic E-state index is -0.396. The Labute approximate surface area is 182 Å². The van der Waals surface area contributed by atoms with Crippen LogP contribution >= 0.6 is 11.3 Å². The quantitative estimate of drug-likeness (QED) is 0.440. The Bertz CT molecular complexity index is 1060. The molecule has 2 heterocycles. The molecule has 2 unspecified atom stereocenters. The lowest BCUT2D eigenvalue weighted by atomic mass is 9.90. The molecule has 2 aromatic heterocycles. The van der Waals surface area contributed by atoms with Gasteiger partial charge in [0.15, 0.2) is 0 Å². The van der Waals surface area contributed by atoms with E-state index in [1.54, 1.807) is 17.4 Å². The number of hydrogen-bond donors (Lipinski definition) is 1. The predicted molar refractivity (Wildman–Crippen MR) is 123 cm³/mol. The largest absolute Gasteiger partial charge is 0.507 e. The molecule has 0 radical (unpaired) electrons. The number of aromatic hydroxyl groups is 1. The van der Waals surface area contributed by atoms with Crippen molar-refractivity contribution in [3.05, 3.63) is 85.1 Å². The number of thiophene rings is 1. The molecule has 3 aromatic rings. The highest BCUT2D eigenvalue weighted by molar-refractivity contribution is 7.12.